The Morgan fingerprint density at radius 2 is 1.02 bits per heavy atom. The number of aryl methyl sites for hydroxylation is 1. The first kappa shape index (κ1) is 30.9. The number of hydrogen-bond acceptors (Lipinski definition) is 1. The van der Waals surface area contributed by atoms with Crippen LogP contribution in [-0.4, -0.2) is 0 Å². The first-order chi connectivity index (χ1) is 22.0. The largest absolute Gasteiger partial charge is 0.429 e. The van der Waals surface area contributed by atoms with Crippen molar-refractivity contribution in [1.82, 2.24) is 0 Å². The Bertz CT molecular complexity index is 2030. The summed E-state index contributed by atoms with van der Waals surface area (Å²) in [6, 6.07) is 27.2. The zero-order valence-corrected chi connectivity index (χ0v) is 24.4. The third kappa shape index (κ3) is 6.07. The molecule has 0 saturated heterocycles. The molecule has 232 valence electrons. The number of halogens is 7. The van der Waals surface area contributed by atoms with Gasteiger partial charge in [-0.05, 0) is 69.3 Å². The van der Waals surface area contributed by atoms with Gasteiger partial charge in [-0.2, -0.15) is 8.78 Å². The van der Waals surface area contributed by atoms with Crippen molar-refractivity contribution in [3.05, 3.63) is 149 Å². The lowest BCUT2D eigenvalue weighted by Crippen LogP contribution is -2.22. The van der Waals surface area contributed by atoms with E-state index in [9.17, 15) is 22.0 Å². The molecule has 0 amide bonds. The van der Waals surface area contributed by atoms with Crippen LogP contribution in [0.3, 0.4) is 0 Å². The van der Waals surface area contributed by atoms with Crippen molar-refractivity contribution >= 4 is 10.8 Å². The molecule has 6 aromatic rings. The van der Waals surface area contributed by atoms with Crippen molar-refractivity contribution in [3.8, 4) is 39.1 Å². The Labute approximate surface area is 260 Å². The Balaban J connectivity index is 1.23. The van der Waals surface area contributed by atoms with Crippen LogP contribution in [0.5, 0.6) is 5.75 Å². The van der Waals surface area contributed by atoms with Gasteiger partial charge in [-0.3, -0.25) is 0 Å². The number of fused-ring (bicyclic) bond motifs is 1. The second-order valence-electron chi connectivity index (χ2n) is 10.9. The van der Waals surface area contributed by atoms with Crippen molar-refractivity contribution in [1.29, 1.82) is 0 Å². The topological polar surface area (TPSA) is 9.23 Å². The maximum atomic E-state index is 15.4. The Hall–Kier alpha value is -5.11. The van der Waals surface area contributed by atoms with Gasteiger partial charge in [0.25, 0.3) is 0 Å². The second kappa shape index (κ2) is 12.4. The summed E-state index contributed by atoms with van der Waals surface area (Å²) in [5.41, 5.74) is 3.12. The van der Waals surface area contributed by atoms with Crippen LogP contribution >= 0.6 is 0 Å². The summed E-state index contributed by atoms with van der Waals surface area (Å²) in [5.74, 6) is -8.39. The van der Waals surface area contributed by atoms with Crippen LogP contribution < -0.4 is 4.74 Å². The molecular formula is C38H25F7O. The van der Waals surface area contributed by atoms with Crippen LogP contribution in [0.1, 0.15) is 24.5 Å². The van der Waals surface area contributed by atoms with E-state index in [1.54, 1.807) is 12.1 Å². The van der Waals surface area contributed by atoms with Gasteiger partial charge < -0.3 is 4.74 Å². The van der Waals surface area contributed by atoms with Crippen LogP contribution in [0.2, 0.25) is 0 Å². The average molecular weight is 631 g/mol. The molecule has 1 nitrogen and oxygen atoms in total. The maximum Gasteiger partial charge on any atom is 0.426 e. The number of hydrogen-bond donors (Lipinski definition) is 0. The minimum absolute atomic E-state index is 0.0362. The van der Waals surface area contributed by atoms with E-state index in [2.05, 4.69) is 35.9 Å². The van der Waals surface area contributed by atoms with Gasteiger partial charge in [0.15, 0.2) is 29.1 Å². The zero-order valence-electron chi connectivity index (χ0n) is 24.4. The molecule has 0 heterocycles. The van der Waals surface area contributed by atoms with Gasteiger partial charge in [0, 0.05) is 23.3 Å². The van der Waals surface area contributed by atoms with Crippen molar-refractivity contribution in [3.63, 3.8) is 0 Å². The minimum atomic E-state index is -4.07. The SMILES string of the molecule is CCCc1ccc(-c2ccc3cc(-c4ccc(-c5ccc(C(F)(F)Oc6cc(F)c(F)c(F)c6)cc5)c(F)c4F)ccc3c2)cc1. The molecule has 0 bridgehead atoms. The van der Waals surface area contributed by atoms with E-state index in [1.165, 1.54) is 17.7 Å². The normalized spacial score (nSPS) is 11.7. The molecule has 8 heteroatoms. The zero-order chi connectivity index (χ0) is 32.6. The predicted molar refractivity (Wildman–Crippen MR) is 165 cm³/mol. The predicted octanol–water partition coefficient (Wildman–Crippen LogP) is 11.6. The Morgan fingerprint density at radius 3 is 1.61 bits per heavy atom. The third-order valence-electron chi connectivity index (χ3n) is 7.79. The first-order valence-corrected chi connectivity index (χ1v) is 14.5. The fourth-order valence-electron chi connectivity index (χ4n) is 5.38. The Morgan fingerprint density at radius 1 is 0.522 bits per heavy atom. The highest BCUT2D eigenvalue weighted by molar-refractivity contribution is 5.91. The molecule has 0 radical (unpaired) electrons. The highest BCUT2D eigenvalue weighted by Crippen LogP contribution is 2.37. The number of alkyl halides is 2. The van der Waals surface area contributed by atoms with E-state index in [0.29, 0.717) is 17.7 Å². The summed E-state index contributed by atoms with van der Waals surface area (Å²) >= 11 is 0. The van der Waals surface area contributed by atoms with E-state index in [-0.39, 0.29) is 16.7 Å². The fraction of sp³-hybridized carbons (Fsp3) is 0.105. The molecule has 0 unspecified atom stereocenters. The van der Waals surface area contributed by atoms with E-state index in [0.717, 1.165) is 59.0 Å². The standard InChI is InChI=1S/C38H25F7O/c1-2-3-22-4-6-23(7-5-22)25-8-9-27-19-28(11-10-26(27)18-25)32-17-16-31(35(41)36(32)42)24-12-14-29(15-13-24)38(44,45)46-30-20-33(39)37(43)34(40)21-30/h4-21H,2-3H2,1H3. The molecule has 0 fully saturated rings. The summed E-state index contributed by atoms with van der Waals surface area (Å²) in [6.07, 6.45) is -1.97. The van der Waals surface area contributed by atoms with Gasteiger partial charge in [0.1, 0.15) is 5.75 Å². The highest BCUT2D eigenvalue weighted by Gasteiger charge is 2.35. The van der Waals surface area contributed by atoms with Gasteiger partial charge in [-0.15, -0.1) is 0 Å². The van der Waals surface area contributed by atoms with Gasteiger partial charge in [-0.25, -0.2) is 22.0 Å². The molecule has 0 aliphatic rings. The molecule has 0 aliphatic heterocycles. The number of benzene rings is 6. The molecule has 0 N–H and O–H groups in total. The molecule has 0 atom stereocenters. The summed E-state index contributed by atoms with van der Waals surface area (Å²) in [4.78, 5) is 0. The lowest BCUT2D eigenvalue weighted by Gasteiger charge is -2.19. The van der Waals surface area contributed by atoms with Crippen LogP contribution in [-0.2, 0) is 12.5 Å². The molecule has 0 saturated carbocycles. The lowest BCUT2D eigenvalue weighted by molar-refractivity contribution is -0.185. The van der Waals surface area contributed by atoms with Crippen LogP contribution in [0, 0.1) is 29.1 Å². The Kier molecular flexibility index (Phi) is 8.30. The smallest absolute Gasteiger partial charge is 0.426 e. The molecular weight excluding hydrogens is 605 g/mol. The summed E-state index contributed by atoms with van der Waals surface area (Å²) in [5, 5.41) is 1.78. The third-order valence-corrected chi connectivity index (χ3v) is 7.79. The lowest BCUT2D eigenvalue weighted by atomic mass is 9.95. The maximum absolute atomic E-state index is 15.4. The van der Waals surface area contributed by atoms with Crippen molar-refractivity contribution in [2.45, 2.75) is 25.9 Å². The fourth-order valence-corrected chi connectivity index (χ4v) is 5.38. The molecule has 6 aromatic carbocycles. The molecule has 0 aromatic heterocycles. The van der Waals surface area contributed by atoms with E-state index >= 15 is 8.78 Å². The molecule has 46 heavy (non-hydrogen) atoms. The van der Waals surface area contributed by atoms with E-state index < -0.39 is 46.5 Å². The first-order valence-electron chi connectivity index (χ1n) is 14.5. The van der Waals surface area contributed by atoms with Crippen LogP contribution in [0.25, 0.3) is 44.2 Å². The second-order valence-corrected chi connectivity index (χ2v) is 10.9. The van der Waals surface area contributed by atoms with E-state index in [1.807, 2.05) is 24.3 Å². The van der Waals surface area contributed by atoms with E-state index in [4.69, 9.17) is 0 Å². The quantitative estimate of drug-likeness (QED) is 0.120. The van der Waals surface area contributed by atoms with Gasteiger partial charge >= 0.3 is 6.11 Å². The minimum Gasteiger partial charge on any atom is -0.429 e. The highest BCUT2D eigenvalue weighted by atomic mass is 19.3. The van der Waals surface area contributed by atoms with Crippen LogP contribution in [0.15, 0.2) is 109 Å². The number of rotatable bonds is 8. The van der Waals surface area contributed by atoms with Crippen molar-refractivity contribution in [2.75, 3.05) is 0 Å². The summed E-state index contributed by atoms with van der Waals surface area (Å²) in [6.45, 7) is 2.14. The molecule has 0 spiro atoms. The summed E-state index contributed by atoms with van der Waals surface area (Å²) < 4.78 is 105. The monoisotopic (exact) mass is 630 g/mol. The van der Waals surface area contributed by atoms with Gasteiger partial charge in [0.2, 0.25) is 0 Å². The summed E-state index contributed by atoms with van der Waals surface area (Å²) in [7, 11) is 0. The van der Waals surface area contributed by atoms with Gasteiger partial charge in [0.05, 0.1) is 5.56 Å². The average Bonchev–Trinajstić information content (AvgIpc) is 3.05. The molecule has 0 aliphatic carbocycles. The van der Waals surface area contributed by atoms with Crippen molar-refractivity contribution < 1.29 is 35.5 Å². The van der Waals surface area contributed by atoms with Crippen LogP contribution in [0.4, 0.5) is 30.7 Å². The van der Waals surface area contributed by atoms with Gasteiger partial charge in [-0.1, -0.05) is 86.1 Å². The molecule has 6 rings (SSSR count). The number of ether oxygens (including phenoxy) is 1. The van der Waals surface area contributed by atoms with Crippen molar-refractivity contribution in [2.24, 2.45) is 0 Å².